The van der Waals surface area contributed by atoms with Gasteiger partial charge in [-0.25, -0.2) is 0 Å². The lowest BCUT2D eigenvalue weighted by atomic mass is 9.75. The van der Waals surface area contributed by atoms with E-state index >= 15 is 0 Å². The van der Waals surface area contributed by atoms with Crippen molar-refractivity contribution >= 4 is 5.70 Å². The first-order valence-corrected chi connectivity index (χ1v) is 12.0. The summed E-state index contributed by atoms with van der Waals surface area (Å²) in [4.78, 5) is 2.60. The summed E-state index contributed by atoms with van der Waals surface area (Å²) in [5, 5.41) is 24.3. The van der Waals surface area contributed by atoms with Crippen LogP contribution in [0, 0.1) is 11.8 Å². The largest absolute Gasteiger partial charge is 0.504 e. The molecule has 0 aliphatic carbocycles. The molecule has 3 N–H and O–H groups in total. The van der Waals surface area contributed by atoms with Gasteiger partial charge < -0.3 is 25.0 Å². The molecule has 0 amide bonds. The van der Waals surface area contributed by atoms with Crippen LogP contribution in [0.1, 0.15) is 48.1 Å². The Labute approximate surface area is 195 Å². The number of ether oxygens (including phenoxy) is 2. The lowest BCUT2D eigenvalue weighted by Crippen LogP contribution is -2.45. The standard InChI is InChI=1S/C27H34N2O4/c1-4-16-15-29-8-6-18-12-26(32-2)25(31)13-21(18)23(29)10-19(16)9-22-20-14-27(33-3)24(30)11-17(20)5-7-28-22/h9,11-14,16,19,23,28,30-31H,4-8,10,15H2,1-3H3/b22-9+/t16-,19-,23-/m0/s1. The summed E-state index contributed by atoms with van der Waals surface area (Å²) in [6.07, 6.45) is 6.44. The molecule has 0 unspecified atom stereocenters. The molecule has 5 rings (SSSR count). The second-order valence-electron chi connectivity index (χ2n) is 9.49. The van der Waals surface area contributed by atoms with Crippen molar-refractivity contribution in [2.24, 2.45) is 11.8 Å². The molecule has 6 nitrogen and oxygen atoms in total. The molecule has 0 radical (unpaired) electrons. The number of nitrogens with one attached hydrogen (secondary N) is 1. The molecule has 3 atom stereocenters. The Kier molecular flexibility index (Phi) is 5.87. The Morgan fingerprint density at radius 2 is 1.79 bits per heavy atom. The quantitative estimate of drug-likeness (QED) is 0.647. The lowest BCUT2D eigenvalue weighted by molar-refractivity contribution is 0.0693. The molecule has 3 aliphatic heterocycles. The SMILES string of the molecule is CC[C@H]1CN2CCc3cc(OC)c(O)cc3[C@@H]2C[C@@H]1/C=C1/NCCc2cc(O)c(OC)cc21. The molecule has 1 fully saturated rings. The number of hydrogen-bond donors (Lipinski definition) is 3. The predicted octanol–water partition coefficient (Wildman–Crippen LogP) is 4.25. The fourth-order valence-corrected chi connectivity index (χ4v) is 5.97. The molecule has 0 bridgehead atoms. The third-order valence-corrected chi connectivity index (χ3v) is 7.79. The van der Waals surface area contributed by atoms with E-state index in [1.807, 2.05) is 24.3 Å². The fraction of sp³-hybridized carbons (Fsp3) is 0.481. The Hall–Kier alpha value is -2.86. The van der Waals surface area contributed by atoms with Crippen LogP contribution in [0.3, 0.4) is 0 Å². The molecule has 176 valence electrons. The molecule has 0 saturated carbocycles. The van der Waals surface area contributed by atoms with Crippen LogP contribution in [0.5, 0.6) is 23.0 Å². The van der Waals surface area contributed by atoms with Crippen LogP contribution < -0.4 is 14.8 Å². The van der Waals surface area contributed by atoms with Crippen LogP contribution in [-0.2, 0) is 12.8 Å². The van der Waals surface area contributed by atoms with Gasteiger partial charge in [0.2, 0.25) is 0 Å². The highest BCUT2D eigenvalue weighted by molar-refractivity contribution is 5.71. The average molecular weight is 451 g/mol. The summed E-state index contributed by atoms with van der Waals surface area (Å²) >= 11 is 0. The van der Waals surface area contributed by atoms with E-state index < -0.39 is 0 Å². The molecular formula is C27H34N2O4. The summed E-state index contributed by atoms with van der Waals surface area (Å²) < 4.78 is 10.7. The van der Waals surface area contributed by atoms with Gasteiger partial charge in [0.1, 0.15) is 0 Å². The van der Waals surface area contributed by atoms with Crippen LogP contribution in [0.25, 0.3) is 5.70 Å². The van der Waals surface area contributed by atoms with Crippen molar-refractivity contribution in [1.82, 2.24) is 10.2 Å². The number of nitrogens with zero attached hydrogens (tertiary/aromatic N) is 1. The molecule has 33 heavy (non-hydrogen) atoms. The zero-order valence-electron chi connectivity index (χ0n) is 19.7. The first-order valence-electron chi connectivity index (χ1n) is 12.0. The molecule has 0 aromatic heterocycles. The van der Waals surface area contributed by atoms with Crippen LogP contribution in [-0.4, -0.2) is 49.0 Å². The van der Waals surface area contributed by atoms with Gasteiger partial charge in [0.25, 0.3) is 0 Å². The number of benzene rings is 2. The molecule has 3 heterocycles. The van der Waals surface area contributed by atoms with Crippen molar-refractivity contribution in [3.05, 3.63) is 52.6 Å². The first kappa shape index (κ1) is 22.0. The number of fused-ring (bicyclic) bond motifs is 4. The highest BCUT2D eigenvalue weighted by Crippen LogP contribution is 2.46. The fourth-order valence-electron chi connectivity index (χ4n) is 5.97. The molecule has 3 aliphatic rings. The van der Waals surface area contributed by atoms with Crippen molar-refractivity contribution in [1.29, 1.82) is 0 Å². The van der Waals surface area contributed by atoms with Crippen LogP contribution in [0.2, 0.25) is 0 Å². The second kappa shape index (κ2) is 8.82. The maximum Gasteiger partial charge on any atom is 0.161 e. The zero-order chi connectivity index (χ0) is 23.1. The minimum Gasteiger partial charge on any atom is -0.504 e. The maximum absolute atomic E-state index is 10.5. The first-order chi connectivity index (χ1) is 16.0. The molecule has 2 aromatic carbocycles. The summed E-state index contributed by atoms with van der Waals surface area (Å²) in [7, 11) is 3.20. The number of allylic oxidation sites excluding steroid dienone is 1. The third-order valence-electron chi connectivity index (χ3n) is 7.79. The van der Waals surface area contributed by atoms with Gasteiger partial charge in [0.15, 0.2) is 23.0 Å². The van der Waals surface area contributed by atoms with Gasteiger partial charge in [-0.1, -0.05) is 19.4 Å². The van der Waals surface area contributed by atoms with E-state index in [-0.39, 0.29) is 11.5 Å². The number of rotatable bonds is 4. The van der Waals surface area contributed by atoms with E-state index in [4.69, 9.17) is 9.47 Å². The van der Waals surface area contributed by atoms with E-state index in [0.717, 1.165) is 62.1 Å². The highest BCUT2D eigenvalue weighted by atomic mass is 16.5. The Bertz CT molecular complexity index is 1080. The van der Waals surface area contributed by atoms with Gasteiger partial charge in [-0.3, -0.25) is 4.90 Å². The van der Waals surface area contributed by atoms with Crippen LogP contribution in [0.4, 0.5) is 0 Å². The minimum atomic E-state index is 0.200. The van der Waals surface area contributed by atoms with Gasteiger partial charge in [-0.2, -0.15) is 0 Å². The van der Waals surface area contributed by atoms with E-state index in [2.05, 4.69) is 23.2 Å². The van der Waals surface area contributed by atoms with Crippen LogP contribution in [0.15, 0.2) is 30.3 Å². The van der Waals surface area contributed by atoms with Gasteiger partial charge in [0, 0.05) is 36.9 Å². The van der Waals surface area contributed by atoms with E-state index in [1.54, 1.807) is 14.2 Å². The number of aromatic hydroxyl groups is 2. The Balaban J connectivity index is 1.50. The molecule has 0 spiro atoms. The predicted molar refractivity (Wildman–Crippen MR) is 129 cm³/mol. The van der Waals surface area contributed by atoms with Gasteiger partial charge >= 0.3 is 0 Å². The van der Waals surface area contributed by atoms with Crippen molar-refractivity contribution in [3.8, 4) is 23.0 Å². The second-order valence-corrected chi connectivity index (χ2v) is 9.49. The smallest absolute Gasteiger partial charge is 0.161 e. The minimum absolute atomic E-state index is 0.200. The topological polar surface area (TPSA) is 74.2 Å². The van der Waals surface area contributed by atoms with Crippen molar-refractivity contribution < 1.29 is 19.7 Å². The number of methoxy groups -OCH3 is 2. The molecular weight excluding hydrogens is 416 g/mol. The molecule has 6 heteroatoms. The van der Waals surface area contributed by atoms with E-state index in [9.17, 15) is 10.2 Å². The summed E-state index contributed by atoms with van der Waals surface area (Å²) in [5.41, 5.74) is 5.94. The normalized spacial score (nSPS) is 25.5. The van der Waals surface area contributed by atoms with Crippen LogP contribution >= 0.6 is 0 Å². The monoisotopic (exact) mass is 450 g/mol. The average Bonchev–Trinajstić information content (AvgIpc) is 2.83. The lowest BCUT2D eigenvalue weighted by Gasteiger charge is -2.47. The van der Waals surface area contributed by atoms with E-state index in [0.29, 0.717) is 29.4 Å². The Morgan fingerprint density at radius 3 is 2.55 bits per heavy atom. The third kappa shape index (κ3) is 3.90. The number of hydrogen-bond acceptors (Lipinski definition) is 6. The van der Waals surface area contributed by atoms with Crippen molar-refractivity contribution in [3.63, 3.8) is 0 Å². The summed E-state index contributed by atoms with van der Waals surface area (Å²) in [6, 6.07) is 8.03. The highest BCUT2D eigenvalue weighted by Gasteiger charge is 2.38. The number of phenolic OH excluding ortho intramolecular Hbond substituents is 2. The maximum atomic E-state index is 10.5. The summed E-state index contributed by atoms with van der Waals surface area (Å²) in [6.45, 7) is 5.26. The van der Waals surface area contributed by atoms with Crippen molar-refractivity contribution in [2.75, 3.05) is 33.9 Å². The Morgan fingerprint density at radius 1 is 1.03 bits per heavy atom. The van der Waals surface area contributed by atoms with E-state index in [1.165, 1.54) is 11.1 Å². The molecule has 1 saturated heterocycles. The van der Waals surface area contributed by atoms with Gasteiger partial charge in [-0.15, -0.1) is 0 Å². The number of phenols is 2. The zero-order valence-corrected chi connectivity index (χ0v) is 19.7. The number of piperidine rings is 1. The summed E-state index contributed by atoms with van der Waals surface area (Å²) in [5.74, 6) is 2.49. The van der Waals surface area contributed by atoms with Crippen molar-refractivity contribution in [2.45, 2.75) is 38.6 Å². The van der Waals surface area contributed by atoms with Gasteiger partial charge in [-0.05, 0) is 72.1 Å². The molecule has 2 aromatic rings. The van der Waals surface area contributed by atoms with Gasteiger partial charge in [0.05, 0.1) is 14.2 Å².